The van der Waals surface area contributed by atoms with Crippen molar-refractivity contribution in [2.75, 3.05) is 5.32 Å². The van der Waals surface area contributed by atoms with Gasteiger partial charge in [0.1, 0.15) is 0 Å². The fourth-order valence-corrected chi connectivity index (χ4v) is 6.04. The molecule has 2 bridgehead atoms. The molecule has 0 saturated heterocycles. The van der Waals surface area contributed by atoms with Crippen LogP contribution in [0.2, 0.25) is 0 Å². The quantitative estimate of drug-likeness (QED) is 0.517. The maximum atomic E-state index is 9.92. The van der Waals surface area contributed by atoms with Gasteiger partial charge in [0.25, 0.3) is 0 Å². The van der Waals surface area contributed by atoms with Crippen molar-refractivity contribution in [2.24, 2.45) is 5.92 Å². The fraction of sp³-hybridized carbons (Fsp3) is 0.619. The number of allylic oxidation sites excluding steroid dienone is 1. The summed E-state index contributed by atoms with van der Waals surface area (Å²) >= 11 is 7.64. The average molecular weight is 469 g/mol. The topological polar surface area (TPSA) is 32.3 Å². The number of halogens is 2. The Morgan fingerprint density at radius 1 is 1.12 bits per heavy atom. The molecule has 0 aromatic heterocycles. The normalized spacial score (nSPS) is 28.6. The largest absolute Gasteiger partial charge is 0.393 e. The van der Waals surface area contributed by atoms with E-state index >= 15 is 0 Å². The predicted octanol–water partition coefficient (Wildman–Crippen LogP) is 6.06. The van der Waals surface area contributed by atoms with Crippen molar-refractivity contribution >= 4 is 37.5 Å². The molecule has 1 aromatic carbocycles. The van der Waals surface area contributed by atoms with Crippen molar-refractivity contribution < 1.29 is 5.11 Å². The fourth-order valence-electron chi connectivity index (χ4n) is 4.95. The molecule has 0 radical (unpaired) electrons. The average Bonchev–Trinajstić information content (AvgIpc) is 2.92. The Morgan fingerprint density at radius 2 is 1.96 bits per heavy atom. The van der Waals surface area contributed by atoms with Crippen molar-refractivity contribution in [2.45, 2.75) is 76.9 Å². The van der Waals surface area contributed by atoms with Gasteiger partial charge in [-0.1, -0.05) is 11.6 Å². The predicted molar refractivity (Wildman–Crippen MR) is 111 cm³/mol. The number of rotatable bonds is 2. The van der Waals surface area contributed by atoms with Gasteiger partial charge in [-0.05, 0) is 119 Å². The molecular formula is C21H27Br2NO. The zero-order valence-corrected chi connectivity index (χ0v) is 18.0. The summed E-state index contributed by atoms with van der Waals surface area (Å²) in [6.45, 7) is 2.25. The van der Waals surface area contributed by atoms with Gasteiger partial charge >= 0.3 is 0 Å². The van der Waals surface area contributed by atoms with Crippen LogP contribution in [0.3, 0.4) is 0 Å². The van der Waals surface area contributed by atoms with Crippen LogP contribution in [-0.2, 0) is 12.8 Å². The lowest BCUT2D eigenvalue weighted by molar-refractivity contribution is 0.158. The summed E-state index contributed by atoms with van der Waals surface area (Å²) in [4.78, 5) is 0. The van der Waals surface area contributed by atoms with Crippen LogP contribution in [0.15, 0.2) is 20.6 Å². The van der Waals surface area contributed by atoms with E-state index in [0.29, 0.717) is 6.04 Å². The SMILES string of the molecule is Cc1c(Br)c(Br)c2c3c1CCCC(C3)C(CC1=CCCC(O)CC1)N2. The molecule has 1 aromatic rings. The minimum absolute atomic E-state index is 0.109. The zero-order valence-electron chi connectivity index (χ0n) is 14.9. The van der Waals surface area contributed by atoms with Gasteiger partial charge in [0, 0.05) is 10.5 Å². The Bertz CT molecular complexity index is 713. The third-order valence-corrected chi connectivity index (χ3v) is 8.76. The van der Waals surface area contributed by atoms with Gasteiger partial charge in [-0.3, -0.25) is 0 Å². The molecule has 0 amide bonds. The zero-order chi connectivity index (χ0) is 17.6. The molecule has 2 nitrogen and oxygen atoms in total. The van der Waals surface area contributed by atoms with Crippen LogP contribution in [0.5, 0.6) is 0 Å². The van der Waals surface area contributed by atoms with Crippen molar-refractivity contribution in [3.63, 3.8) is 0 Å². The Kier molecular flexibility index (Phi) is 5.32. The van der Waals surface area contributed by atoms with Gasteiger partial charge in [-0.15, -0.1) is 0 Å². The van der Waals surface area contributed by atoms with E-state index in [1.165, 1.54) is 45.9 Å². The highest BCUT2D eigenvalue weighted by Gasteiger charge is 2.34. The smallest absolute Gasteiger partial charge is 0.0554 e. The van der Waals surface area contributed by atoms with Gasteiger partial charge in [0.15, 0.2) is 0 Å². The van der Waals surface area contributed by atoms with Crippen LogP contribution in [0.25, 0.3) is 0 Å². The number of hydrogen-bond donors (Lipinski definition) is 2. The maximum absolute atomic E-state index is 9.92. The molecule has 0 fully saturated rings. The molecule has 2 aliphatic carbocycles. The molecule has 0 saturated carbocycles. The monoisotopic (exact) mass is 467 g/mol. The second-order valence-corrected chi connectivity index (χ2v) is 9.61. The minimum Gasteiger partial charge on any atom is -0.393 e. The maximum Gasteiger partial charge on any atom is 0.0554 e. The molecule has 3 atom stereocenters. The number of hydrogen-bond acceptors (Lipinski definition) is 2. The van der Waals surface area contributed by atoms with Crippen molar-refractivity contribution in [1.29, 1.82) is 0 Å². The molecule has 4 rings (SSSR count). The molecule has 1 aliphatic heterocycles. The number of nitrogens with one attached hydrogen (secondary N) is 1. The van der Waals surface area contributed by atoms with E-state index < -0.39 is 0 Å². The Labute approximate surface area is 167 Å². The molecule has 25 heavy (non-hydrogen) atoms. The summed E-state index contributed by atoms with van der Waals surface area (Å²) in [5, 5.41) is 13.8. The Balaban J connectivity index is 1.63. The van der Waals surface area contributed by atoms with Crippen LogP contribution < -0.4 is 5.32 Å². The van der Waals surface area contributed by atoms with E-state index in [-0.39, 0.29) is 6.10 Å². The number of aliphatic hydroxyl groups excluding tert-OH is 1. The van der Waals surface area contributed by atoms with E-state index in [2.05, 4.69) is 50.2 Å². The van der Waals surface area contributed by atoms with Gasteiger partial charge in [-0.25, -0.2) is 0 Å². The van der Waals surface area contributed by atoms with Crippen LogP contribution in [0.1, 0.15) is 61.6 Å². The van der Waals surface area contributed by atoms with Gasteiger partial charge in [0.05, 0.1) is 16.3 Å². The van der Waals surface area contributed by atoms with Crippen LogP contribution in [-0.4, -0.2) is 17.3 Å². The van der Waals surface area contributed by atoms with Crippen molar-refractivity contribution in [3.8, 4) is 0 Å². The van der Waals surface area contributed by atoms with Crippen molar-refractivity contribution in [3.05, 3.63) is 37.3 Å². The molecule has 1 heterocycles. The molecule has 3 aliphatic rings. The number of benzene rings is 1. The third-order valence-electron chi connectivity index (χ3n) is 6.44. The first-order valence-corrected chi connectivity index (χ1v) is 11.2. The second-order valence-electron chi connectivity index (χ2n) is 8.03. The highest BCUT2D eigenvalue weighted by Crippen LogP contribution is 2.47. The summed E-state index contributed by atoms with van der Waals surface area (Å²) in [6.07, 6.45) is 12.4. The summed E-state index contributed by atoms with van der Waals surface area (Å²) in [5.74, 6) is 0.732. The molecule has 4 heteroatoms. The highest BCUT2D eigenvalue weighted by atomic mass is 79.9. The summed E-state index contributed by atoms with van der Waals surface area (Å²) in [6, 6.07) is 0.519. The first-order valence-electron chi connectivity index (χ1n) is 9.66. The Morgan fingerprint density at radius 3 is 2.80 bits per heavy atom. The van der Waals surface area contributed by atoms with Crippen molar-refractivity contribution in [1.82, 2.24) is 0 Å². The number of aliphatic hydroxyl groups is 1. The van der Waals surface area contributed by atoms with E-state index in [0.717, 1.165) is 38.0 Å². The van der Waals surface area contributed by atoms with Gasteiger partial charge < -0.3 is 10.4 Å². The van der Waals surface area contributed by atoms with E-state index in [9.17, 15) is 5.11 Å². The van der Waals surface area contributed by atoms with Gasteiger partial charge in [-0.2, -0.15) is 0 Å². The first-order chi connectivity index (χ1) is 12.0. The molecule has 136 valence electrons. The lowest BCUT2D eigenvalue weighted by atomic mass is 9.81. The van der Waals surface area contributed by atoms with E-state index in [4.69, 9.17) is 0 Å². The van der Waals surface area contributed by atoms with Gasteiger partial charge in [0.2, 0.25) is 0 Å². The summed E-state index contributed by atoms with van der Waals surface area (Å²) in [5.41, 5.74) is 7.40. The van der Waals surface area contributed by atoms with Crippen LogP contribution in [0, 0.1) is 12.8 Å². The van der Waals surface area contributed by atoms with Crippen LogP contribution in [0.4, 0.5) is 5.69 Å². The lowest BCUT2D eigenvalue weighted by Gasteiger charge is -2.36. The molecule has 2 N–H and O–H groups in total. The van der Waals surface area contributed by atoms with Crippen LogP contribution >= 0.6 is 31.9 Å². The minimum atomic E-state index is -0.109. The Hall–Kier alpha value is -0.320. The molecule has 3 unspecified atom stereocenters. The lowest BCUT2D eigenvalue weighted by Crippen LogP contribution is -2.35. The molecular weight excluding hydrogens is 442 g/mol. The number of fused-ring (bicyclic) bond motifs is 1. The van der Waals surface area contributed by atoms with E-state index in [1.54, 1.807) is 16.7 Å². The summed E-state index contributed by atoms with van der Waals surface area (Å²) in [7, 11) is 0. The second kappa shape index (κ2) is 7.36. The van der Waals surface area contributed by atoms with E-state index in [1.807, 2.05) is 0 Å². The molecule has 0 spiro atoms. The first kappa shape index (κ1) is 18.1. The highest BCUT2D eigenvalue weighted by molar-refractivity contribution is 9.13. The summed E-state index contributed by atoms with van der Waals surface area (Å²) < 4.78 is 2.41. The third kappa shape index (κ3) is 3.46. The number of anilines is 1. The standard InChI is InChI=1S/C21H27Br2NO/c1-12-16-7-3-5-14-11-17(16)21(20(23)19(12)22)24-18(14)10-13-4-2-6-15(25)9-8-13/h4,14-15,18,24-25H,2-3,5-11H2,1H3.